The molecule has 3 aliphatic rings. The van der Waals surface area contributed by atoms with E-state index in [-0.39, 0.29) is 0 Å². The van der Waals surface area contributed by atoms with Gasteiger partial charge < -0.3 is 5.11 Å². The maximum absolute atomic E-state index is 9.67. The van der Waals surface area contributed by atoms with Gasteiger partial charge in [0, 0.05) is 0 Å². The topological polar surface area (TPSA) is 20.2 Å². The Kier molecular flexibility index (Phi) is 3.86. The highest BCUT2D eigenvalue weighted by atomic mass is 16.3. The van der Waals surface area contributed by atoms with Crippen molar-refractivity contribution in [2.75, 3.05) is 0 Å². The maximum atomic E-state index is 9.67. The van der Waals surface area contributed by atoms with Crippen LogP contribution in [0.15, 0.2) is 30.4 Å². The summed E-state index contributed by atoms with van der Waals surface area (Å²) in [5.41, 5.74) is 3.40. The standard InChI is InChI=1S/C18H22O.C2H6/c1-18-9-2-3-17(18)16-6-4-12-11-13(19)5-7-14(12)15(16)8-10-18;1-2/h2,5,7,9,11,15-17,19H,3-4,6,8,10H2,1H3;1-2H3. The molecular weight excluding hydrogens is 256 g/mol. The molecule has 0 amide bonds. The molecule has 21 heavy (non-hydrogen) atoms. The summed E-state index contributed by atoms with van der Waals surface area (Å²) in [6.45, 7) is 6.46. The van der Waals surface area contributed by atoms with E-state index in [1.165, 1.54) is 36.8 Å². The molecule has 1 aromatic carbocycles. The Balaban J connectivity index is 0.000000636. The molecule has 1 fully saturated rings. The van der Waals surface area contributed by atoms with E-state index < -0.39 is 0 Å². The van der Waals surface area contributed by atoms with E-state index in [4.69, 9.17) is 0 Å². The first kappa shape index (κ1) is 14.7. The Morgan fingerprint density at radius 3 is 2.81 bits per heavy atom. The Labute approximate surface area is 129 Å². The normalized spacial score (nSPS) is 36.0. The number of allylic oxidation sites excluding steroid dienone is 2. The van der Waals surface area contributed by atoms with Crippen LogP contribution in [0.25, 0.3) is 0 Å². The molecule has 114 valence electrons. The van der Waals surface area contributed by atoms with E-state index >= 15 is 0 Å². The van der Waals surface area contributed by atoms with E-state index in [0.29, 0.717) is 11.2 Å². The highest BCUT2D eigenvalue weighted by Gasteiger charge is 2.48. The molecule has 0 bridgehead atoms. The van der Waals surface area contributed by atoms with Gasteiger partial charge in [0.2, 0.25) is 0 Å². The van der Waals surface area contributed by atoms with Crippen molar-refractivity contribution < 1.29 is 5.11 Å². The number of hydrogen-bond donors (Lipinski definition) is 1. The number of aromatic hydroxyl groups is 1. The lowest BCUT2D eigenvalue weighted by molar-refractivity contribution is 0.0826. The molecule has 1 saturated carbocycles. The van der Waals surface area contributed by atoms with E-state index in [9.17, 15) is 5.11 Å². The Bertz CT molecular complexity index is 545. The quantitative estimate of drug-likeness (QED) is 0.629. The van der Waals surface area contributed by atoms with Crippen LogP contribution in [0.1, 0.15) is 63.5 Å². The average Bonchev–Trinajstić information content (AvgIpc) is 2.90. The molecule has 1 aromatic rings. The first-order valence-corrected chi connectivity index (χ1v) is 8.67. The summed E-state index contributed by atoms with van der Waals surface area (Å²) in [5.74, 6) is 2.88. The highest BCUT2D eigenvalue weighted by molar-refractivity contribution is 5.40. The third-order valence-corrected chi connectivity index (χ3v) is 6.04. The van der Waals surface area contributed by atoms with Gasteiger partial charge in [-0.1, -0.05) is 39.0 Å². The number of hydrogen-bond acceptors (Lipinski definition) is 1. The summed E-state index contributed by atoms with van der Waals surface area (Å²) in [7, 11) is 0. The molecule has 0 aliphatic heterocycles. The number of phenolic OH excluding ortho intramolecular Hbond substituents is 1. The third kappa shape index (κ3) is 2.31. The van der Waals surface area contributed by atoms with Gasteiger partial charge in [0.25, 0.3) is 0 Å². The molecule has 4 rings (SSSR count). The molecule has 1 heteroatoms. The van der Waals surface area contributed by atoms with Gasteiger partial charge in [0.1, 0.15) is 5.75 Å². The largest absolute Gasteiger partial charge is 0.508 e. The van der Waals surface area contributed by atoms with Crippen LogP contribution in [0, 0.1) is 17.3 Å². The molecule has 0 saturated heterocycles. The van der Waals surface area contributed by atoms with Crippen LogP contribution in [0.3, 0.4) is 0 Å². The molecule has 0 aromatic heterocycles. The molecule has 0 radical (unpaired) electrons. The zero-order valence-corrected chi connectivity index (χ0v) is 13.6. The molecule has 4 unspecified atom stereocenters. The second-order valence-electron chi connectivity index (χ2n) is 6.98. The van der Waals surface area contributed by atoms with Crippen molar-refractivity contribution in [3.05, 3.63) is 41.5 Å². The van der Waals surface area contributed by atoms with Gasteiger partial charge in [-0.15, -0.1) is 0 Å². The molecular formula is C20H28O. The van der Waals surface area contributed by atoms with Crippen LogP contribution in [-0.2, 0) is 6.42 Å². The lowest BCUT2D eigenvalue weighted by Gasteiger charge is -2.49. The number of aryl methyl sites for hydroxylation is 1. The van der Waals surface area contributed by atoms with Crippen LogP contribution in [0.5, 0.6) is 5.75 Å². The smallest absolute Gasteiger partial charge is 0.115 e. The van der Waals surface area contributed by atoms with E-state index in [1.54, 1.807) is 0 Å². The van der Waals surface area contributed by atoms with E-state index in [2.05, 4.69) is 25.1 Å². The number of fused-ring (bicyclic) bond motifs is 5. The lowest BCUT2D eigenvalue weighted by Crippen LogP contribution is -2.39. The van der Waals surface area contributed by atoms with Crippen molar-refractivity contribution >= 4 is 0 Å². The zero-order valence-electron chi connectivity index (χ0n) is 13.6. The van der Waals surface area contributed by atoms with Gasteiger partial charge >= 0.3 is 0 Å². The Morgan fingerprint density at radius 2 is 2.00 bits per heavy atom. The van der Waals surface area contributed by atoms with Crippen LogP contribution in [-0.4, -0.2) is 5.11 Å². The Hall–Kier alpha value is -1.24. The zero-order chi connectivity index (χ0) is 15.0. The fourth-order valence-electron chi connectivity index (χ4n) is 5.05. The average molecular weight is 284 g/mol. The van der Waals surface area contributed by atoms with Crippen molar-refractivity contribution in [3.63, 3.8) is 0 Å². The van der Waals surface area contributed by atoms with Gasteiger partial charge in [-0.3, -0.25) is 0 Å². The van der Waals surface area contributed by atoms with Crippen LogP contribution >= 0.6 is 0 Å². The predicted octanol–water partition coefficient (Wildman–Crippen LogP) is 5.44. The molecule has 0 spiro atoms. The van der Waals surface area contributed by atoms with Gasteiger partial charge in [0.15, 0.2) is 0 Å². The van der Waals surface area contributed by atoms with Crippen LogP contribution < -0.4 is 0 Å². The van der Waals surface area contributed by atoms with Crippen molar-refractivity contribution in [2.24, 2.45) is 17.3 Å². The van der Waals surface area contributed by atoms with E-state index in [0.717, 1.165) is 24.2 Å². The van der Waals surface area contributed by atoms with Crippen LogP contribution in [0.2, 0.25) is 0 Å². The minimum absolute atomic E-state index is 0.431. The summed E-state index contributed by atoms with van der Waals surface area (Å²) < 4.78 is 0. The van der Waals surface area contributed by atoms with Crippen molar-refractivity contribution in [2.45, 2.75) is 58.8 Å². The predicted molar refractivity (Wildman–Crippen MR) is 88.6 cm³/mol. The third-order valence-electron chi connectivity index (χ3n) is 6.04. The second-order valence-corrected chi connectivity index (χ2v) is 6.98. The summed E-state index contributed by atoms with van der Waals surface area (Å²) >= 11 is 0. The fourth-order valence-corrected chi connectivity index (χ4v) is 5.05. The highest BCUT2D eigenvalue weighted by Crippen LogP contribution is 2.58. The number of rotatable bonds is 0. The minimum Gasteiger partial charge on any atom is -0.508 e. The number of phenols is 1. The molecule has 1 N–H and O–H groups in total. The van der Waals surface area contributed by atoms with E-state index in [1.807, 2.05) is 26.0 Å². The first-order chi connectivity index (χ1) is 10.2. The van der Waals surface area contributed by atoms with Crippen molar-refractivity contribution in [1.29, 1.82) is 0 Å². The van der Waals surface area contributed by atoms with Crippen molar-refractivity contribution in [3.8, 4) is 5.75 Å². The second kappa shape index (κ2) is 5.51. The minimum atomic E-state index is 0.431. The number of benzene rings is 1. The van der Waals surface area contributed by atoms with Gasteiger partial charge in [-0.05, 0) is 78.5 Å². The summed E-state index contributed by atoms with van der Waals surface area (Å²) in [6.07, 6.45) is 11.3. The van der Waals surface area contributed by atoms with Crippen LogP contribution in [0.4, 0.5) is 0 Å². The van der Waals surface area contributed by atoms with Crippen molar-refractivity contribution in [1.82, 2.24) is 0 Å². The first-order valence-electron chi connectivity index (χ1n) is 8.67. The molecule has 0 heterocycles. The lowest BCUT2D eigenvalue weighted by atomic mass is 9.56. The molecule has 3 aliphatic carbocycles. The van der Waals surface area contributed by atoms with Gasteiger partial charge in [-0.2, -0.15) is 0 Å². The van der Waals surface area contributed by atoms with Gasteiger partial charge in [-0.25, -0.2) is 0 Å². The summed E-state index contributed by atoms with van der Waals surface area (Å²) in [5, 5.41) is 9.67. The maximum Gasteiger partial charge on any atom is 0.115 e. The fraction of sp³-hybridized carbons (Fsp3) is 0.600. The summed E-state index contributed by atoms with van der Waals surface area (Å²) in [6, 6.07) is 6.06. The summed E-state index contributed by atoms with van der Waals surface area (Å²) in [4.78, 5) is 0. The van der Waals surface area contributed by atoms with Gasteiger partial charge in [0.05, 0.1) is 0 Å². The SMILES string of the molecule is CC.CC12C=CCC1C1CCc3cc(O)ccc3C1CC2. The Morgan fingerprint density at radius 1 is 1.19 bits per heavy atom. The molecule has 1 nitrogen and oxygen atoms in total. The molecule has 4 atom stereocenters. The monoisotopic (exact) mass is 284 g/mol.